The molecule has 0 unspecified atom stereocenters. The van der Waals surface area contributed by atoms with Crippen LogP contribution in [0, 0.1) is 0 Å². The molecule has 146 valence electrons. The molecule has 0 aliphatic carbocycles. The highest BCUT2D eigenvalue weighted by Crippen LogP contribution is 2.23. The second-order valence-electron chi connectivity index (χ2n) is 6.28. The van der Waals surface area contributed by atoms with Gasteiger partial charge >= 0.3 is 5.24 Å². The van der Waals surface area contributed by atoms with E-state index in [1.54, 1.807) is 12.1 Å². The van der Waals surface area contributed by atoms with Crippen LogP contribution in [0.25, 0.3) is 11.5 Å². The molecular formula is C20H17N5O3S. The number of carbonyl (C=O) groups is 2. The minimum absolute atomic E-state index is 0.0964. The van der Waals surface area contributed by atoms with Gasteiger partial charge in [-0.25, -0.2) is 5.01 Å². The third-order valence-corrected chi connectivity index (χ3v) is 4.97. The molecule has 9 heteroatoms. The van der Waals surface area contributed by atoms with E-state index in [2.05, 4.69) is 20.6 Å². The zero-order valence-corrected chi connectivity index (χ0v) is 16.3. The first kappa shape index (κ1) is 18.9. The summed E-state index contributed by atoms with van der Waals surface area (Å²) < 4.78 is 5.68. The summed E-state index contributed by atoms with van der Waals surface area (Å²) in [6.45, 7) is 1.55. The second kappa shape index (κ2) is 8.27. The normalized spacial score (nSPS) is 13.9. The van der Waals surface area contributed by atoms with Crippen molar-refractivity contribution in [3.05, 3.63) is 66.1 Å². The van der Waals surface area contributed by atoms with Gasteiger partial charge in [-0.15, -0.1) is 10.2 Å². The molecule has 3 aromatic rings. The first-order valence-electron chi connectivity index (χ1n) is 8.86. The van der Waals surface area contributed by atoms with Crippen molar-refractivity contribution in [1.82, 2.24) is 15.2 Å². The van der Waals surface area contributed by atoms with Crippen LogP contribution < -0.4 is 5.32 Å². The van der Waals surface area contributed by atoms with E-state index in [0.29, 0.717) is 23.2 Å². The Morgan fingerprint density at radius 2 is 1.86 bits per heavy atom. The Morgan fingerprint density at radius 1 is 1.10 bits per heavy atom. The Hall–Kier alpha value is -3.46. The highest BCUT2D eigenvalue weighted by Gasteiger charge is 2.24. The van der Waals surface area contributed by atoms with Crippen LogP contribution in [0.4, 0.5) is 10.5 Å². The van der Waals surface area contributed by atoms with E-state index in [0.717, 1.165) is 28.6 Å². The van der Waals surface area contributed by atoms with E-state index < -0.39 is 0 Å². The average Bonchev–Trinajstić information content (AvgIpc) is 3.19. The Labute approximate surface area is 171 Å². The van der Waals surface area contributed by atoms with Crippen LogP contribution >= 0.6 is 11.8 Å². The zero-order chi connectivity index (χ0) is 20.2. The summed E-state index contributed by atoms with van der Waals surface area (Å²) in [4.78, 5) is 23.4. The van der Waals surface area contributed by atoms with Crippen LogP contribution in [0.3, 0.4) is 0 Å². The summed E-state index contributed by atoms with van der Waals surface area (Å²) in [6, 6.07) is 16.8. The van der Waals surface area contributed by atoms with Crippen molar-refractivity contribution in [3.8, 4) is 11.5 Å². The molecule has 8 nitrogen and oxygen atoms in total. The van der Waals surface area contributed by atoms with E-state index in [4.69, 9.17) is 4.42 Å². The molecule has 29 heavy (non-hydrogen) atoms. The lowest BCUT2D eigenvalue weighted by Crippen LogP contribution is -2.29. The molecule has 0 atom stereocenters. The fraction of sp³-hybridized carbons (Fsp3) is 0.150. The summed E-state index contributed by atoms with van der Waals surface area (Å²) in [5.41, 5.74) is 3.15. The molecule has 2 amide bonds. The predicted octanol–water partition coefficient (Wildman–Crippen LogP) is 3.77. The largest absolute Gasteiger partial charge is 0.419 e. The molecular weight excluding hydrogens is 390 g/mol. The minimum Gasteiger partial charge on any atom is -0.419 e. The number of nitrogens with zero attached hydrogens (tertiary/aromatic N) is 4. The van der Waals surface area contributed by atoms with E-state index in [9.17, 15) is 9.59 Å². The van der Waals surface area contributed by atoms with Gasteiger partial charge in [0.25, 0.3) is 0 Å². The smallest absolute Gasteiger partial charge is 0.302 e. The Morgan fingerprint density at radius 3 is 2.59 bits per heavy atom. The second-order valence-corrected chi connectivity index (χ2v) is 7.21. The minimum atomic E-state index is -0.178. The third-order valence-electron chi connectivity index (χ3n) is 4.10. The number of hydrogen-bond donors (Lipinski definition) is 1. The van der Waals surface area contributed by atoms with Crippen LogP contribution in [0.15, 0.2) is 64.1 Å². The highest BCUT2D eigenvalue weighted by molar-refractivity contribution is 8.14. The molecule has 0 saturated heterocycles. The summed E-state index contributed by atoms with van der Waals surface area (Å²) >= 11 is 1.16. The van der Waals surface area contributed by atoms with Crippen molar-refractivity contribution in [2.75, 3.05) is 11.1 Å². The number of nitrogens with one attached hydrogen (secondary N) is 1. The predicted molar refractivity (Wildman–Crippen MR) is 110 cm³/mol. The van der Waals surface area contributed by atoms with Crippen LogP contribution in [0.5, 0.6) is 0 Å². The maximum atomic E-state index is 12.3. The summed E-state index contributed by atoms with van der Waals surface area (Å²) in [6.07, 6.45) is 0. The van der Waals surface area contributed by atoms with Gasteiger partial charge in [0.15, 0.2) is 0 Å². The van der Waals surface area contributed by atoms with Crippen molar-refractivity contribution >= 4 is 34.3 Å². The molecule has 0 bridgehead atoms. The van der Waals surface area contributed by atoms with Gasteiger partial charge in [-0.05, 0) is 29.8 Å². The van der Waals surface area contributed by atoms with Gasteiger partial charge in [0.05, 0.1) is 5.71 Å². The van der Waals surface area contributed by atoms with Crippen LogP contribution in [-0.2, 0) is 11.3 Å². The topological polar surface area (TPSA) is 101 Å². The molecule has 0 spiro atoms. The monoisotopic (exact) mass is 407 g/mol. The van der Waals surface area contributed by atoms with Gasteiger partial charge in [-0.3, -0.25) is 9.59 Å². The van der Waals surface area contributed by atoms with Gasteiger partial charge in [0.2, 0.25) is 17.7 Å². The quantitative estimate of drug-likeness (QED) is 0.691. The molecule has 0 saturated carbocycles. The van der Waals surface area contributed by atoms with E-state index in [1.807, 2.05) is 42.5 Å². The molecule has 1 aliphatic heterocycles. The van der Waals surface area contributed by atoms with Crippen molar-refractivity contribution in [2.45, 2.75) is 13.5 Å². The van der Waals surface area contributed by atoms with Gasteiger partial charge in [-0.2, -0.15) is 5.10 Å². The highest BCUT2D eigenvalue weighted by atomic mass is 32.2. The summed E-state index contributed by atoms with van der Waals surface area (Å²) in [7, 11) is 0. The number of hydrogen-bond acceptors (Lipinski definition) is 7. The molecule has 1 aliphatic rings. The van der Waals surface area contributed by atoms with Crippen LogP contribution in [0.2, 0.25) is 0 Å². The van der Waals surface area contributed by atoms with Crippen LogP contribution in [0.1, 0.15) is 18.4 Å². The number of thioether (sulfide) groups is 1. The SMILES string of the molecule is CC(=O)Nc1ccc(C2=NN(Cc3nnc(-c4ccccc4)o3)C(=O)SC2)cc1. The van der Waals surface area contributed by atoms with Crippen molar-refractivity contribution in [3.63, 3.8) is 0 Å². The number of amides is 2. The maximum Gasteiger partial charge on any atom is 0.302 e. The first-order valence-corrected chi connectivity index (χ1v) is 9.84. The van der Waals surface area contributed by atoms with E-state index >= 15 is 0 Å². The van der Waals surface area contributed by atoms with Gasteiger partial charge < -0.3 is 9.73 Å². The Kier molecular flexibility index (Phi) is 5.39. The Bertz CT molecular complexity index is 1060. The number of anilines is 1. The number of rotatable bonds is 5. The standard InChI is InChI=1S/C20H17N5O3S/c1-13(26)21-16-9-7-14(8-10-16)17-12-29-20(27)25(24-17)11-18-22-23-19(28-18)15-5-3-2-4-6-15/h2-10H,11-12H2,1H3,(H,21,26). The van der Waals surface area contributed by atoms with E-state index in [1.165, 1.54) is 11.9 Å². The fourth-order valence-electron chi connectivity index (χ4n) is 2.75. The Balaban J connectivity index is 1.51. The fourth-order valence-corrected chi connectivity index (χ4v) is 3.49. The lowest BCUT2D eigenvalue weighted by molar-refractivity contribution is -0.114. The zero-order valence-electron chi connectivity index (χ0n) is 15.5. The van der Waals surface area contributed by atoms with Gasteiger partial charge in [-0.1, -0.05) is 42.1 Å². The molecule has 1 aromatic heterocycles. The van der Waals surface area contributed by atoms with Crippen LogP contribution in [-0.4, -0.2) is 37.8 Å². The summed E-state index contributed by atoms with van der Waals surface area (Å²) in [5, 5.41) is 16.4. The summed E-state index contributed by atoms with van der Waals surface area (Å²) in [5.74, 6) is 1.04. The molecule has 4 rings (SSSR count). The number of hydrazone groups is 1. The molecule has 0 fully saturated rings. The molecule has 2 aromatic carbocycles. The third kappa shape index (κ3) is 4.52. The lowest BCUT2D eigenvalue weighted by Gasteiger charge is -2.21. The molecule has 1 N–H and O–H groups in total. The number of aromatic nitrogens is 2. The lowest BCUT2D eigenvalue weighted by atomic mass is 10.1. The number of benzene rings is 2. The maximum absolute atomic E-state index is 12.3. The molecule has 2 heterocycles. The van der Waals surface area contributed by atoms with Gasteiger partial charge in [0, 0.05) is 23.9 Å². The first-order chi connectivity index (χ1) is 14.1. The van der Waals surface area contributed by atoms with Gasteiger partial charge in [0.1, 0.15) is 6.54 Å². The van der Waals surface area contributed by atoms with Crippen molar-refractivity contribution in [2.24, 2.45) is 5.10 Å². The van der Waals surface area contributed by atoms with Crippen molar-refractivity contribution in [1.29, 1.82) is 0 Å². The van der Waals surface area contributed by atoms with Crippen molar-refractivity contribution < 1.29 is 14.0 Å². The number of carbonyl (C=O) groups excluding carboxylic acids is 2. The molecule has 0 radical (unpaired) electrons. The average molecular weight is 407 g/mol. The van der Waals surface area contributed by atoms with E-state index in [-0.39, 0.29) is 17.7 Å².